The van der Waals surface area contributed by atoms with Crippen LogP contribution >= 0.6 is 23.1 Å². The summed E-state index contributed by atoms with van der Waals surface area (Å²) in [6, 6.07) is 6.14. The monoisotopic (exact) mass is 398 g/mol. The molecule has 7 nitrogen and oxygen atoms in total. The second-order valence-electron chi connectivity index (χ2n) is 5.61. The molecule has 3 rings (SSSR count). The Labute approximate surface area is 154 Å². The number of nitrogens with two attached hydrogens (primary N) is 1. The lowest BCUT2D eigenvalue weighted by molar-refractivity contribution is 0.102. The average molecular weight is 399 g/mol. The lowest BCUT2D eigenvalue weighted by atomic mass is 10.1. The first-order valence-corrected chi connectivity index (χ1v) is 11.1. The first-order chi connectivity index (χ1) is 12.0. The quantitative estimate of drug-likeness (QED) is 0.587. The molecule has 1 saturated heterocycles. The highest BCUT2D eigenvalue weighted by molar-refractivity contribution is 8.01. The van der Waals surface area contributed by atoms with E-state index >= 15 is 0 Å². The maximum atomic E-state index is 12.6. The zero-order valence-corrected chi connectivity index (χ0v) is 15.9. The number of Topliss-reactive ketones (excluding diaryl/α,β-unsaturated/α-hetero) is 1. The van der Waals surface area contributed by atoms with Gasteiger partial charge in [-0.1, -0.05) is 41.7 Å². The van der Waals surface area contributed by atoms with Gasteiger partial charge in [-0.15, -0.1) is 10.2 Å². The average Bonchev–Trinajstić information content (AvgIpc) is 3.06. The molecule has 1 fully saturated rings. The SMILES string of the molecule is Nc1nnc(SCC(=O)c2ccc(S(=O)(=O)N3CCCCC3)cc2)s1. The van der Waals surface area contributed by atoms with Crippen molar-refractivity contribution in [1.82, 2.24) is 14.5 Å². The number of anilines is 1. The van der Waals surface area contributed by atoms with Crippen molar-refractivity contribution in [1.29, 1.82) is 0 Å². The van der Waals surface area contributed by atoms with Crippen molar-refractivity contribution in [2.75, 3.05) is 24.6 Å². The first-order valence-electron chi connectivity index (χ1n) is 7.82. The van der Waals surface area contributed by atoms with E-state index in [0.29, 0.717) is 28.1 Å². The van der Waals surface area contributed by atoms with Crippen LogP contribution in [0, 0.1) is 0 Å². The van der Waals surface area contributed by atoms with E-state index in [2.05, 4.69) is 10.2 Å². The maximum Gasteiger partial charge on any atom is 0.243 e. The second-order valence-corrected chi connectivity index (χ2v) is 9.78. The number of benzene rings is 1. The number of aromatic nitrogens is 2. The van der Waals surface area contributed by atoms with Gasteiger partial charge in [0.1, 0.15) is 0 Å². The summed E-state index contributed by atoms with van der Waals surface area (Å²) >= 11 is 2.49. The van der Waals surface area contributed by atoms with Crippen molar-refractivity contribution in [2.24, 2.45) is 0 Å². The number of sulfonamides is 1. The lowest BCUT2D eigenvalue weighted by Gasteiger charge is -2.25. The molecule has 0 aliphatic carbocycles. The van der Waals surface area contributed by atoms with Crippen LogP contribution in [0.5, 0.6) is 0 Å². The molecular formula is C15H18N4O3S3. The Balaban J connectivity index is 1.65. The van der Waals surface area contributed by atoms with Gasteiger partial charge in [-0.3, -0.25) is 4.79 Å². The molecule has 0 bridgehead atoms. The standard InChI is InChI=1S/C15H18N4O3S3/c16-14-17-18-15(24-14)23-10-13(20)11-4-6-12(7-5-11)25(21,22)19-8-2-1-3-9-19/h4-7H,1-3,8-10H2,(H2,16,17). The Morgan fingerprint density at radius 1 is 1.16 bits per heavy atom. The Hall–Kier alpha value is -1.49. The van der Waals surface area contributed by atoms with E-state index in [4.69, 9.17) is 5.73 Å². The van der Waals surface area contributed by atoms with E-state index in [0.717, 1.165) is 19.3 Å². The minimum Gasteiger partial charge on any atom is -0.374 e. The molecule has 0 amide bonds. The van der Waals surface area contributed by atoms with Gasteiger partial charge in [0.15, 0.2) is 10.1 Å². The summed E-state index contributed by atoms with van der Waals surface area (Å²) in [5.74, 6) is 0.105. The van der Waals surface area contributed by atoms with Crippen LogP contribution in [0.2, 0.25) is 0 Å². The van der Waals surface area contributed by atoms with Gasteiger partial charge in [0.2, 0.25) is 15.2 Å². The van der Waals surface area contributed by atoms with Crippen molar-refractivity contribution in [3.63, 3.8) is 0 Å². The lowest BCUT2D eigenvalue weighted by Crippen LogP contribution is -2.35. The minimum absolute atomic E-state index is 0.0966. The summed E-state index contributed by atoms with van der Waals surface area (Å²) in [6.07, 6.45) is 2.85. The number of ketones is 1. The molecule has 2 N–H and O–H groups in total. The van der Waals surface area contributed by atoms with Crippen LogP contribution in [0.4, 0.5) is 5.13 Å². The number of carbonyl (C=O) groups excluding carboxylic acids is 1. The molecule has 0 spiro atoms. The third kappa shape index (κ3) is 4.38. The number of thioether (sulfide) groups is 1. The molecule has 2 aromatic rings. The molecule has 134 valence electrons. The Bertz CT molecular complexity index is 843. The molecule has 1 aromatic heterocycles. The maximum absolute atomic E-state index is 12.6. The highest BCUT2D eigenvalue weighted by atomic mass is 32.2. The van der Waals surface area contributed by atoms with E-state index in [1.165, 1.54) is 39.5 Å². The fourth-order valence-electron chi connectivity index (χ4n) is 2.56. The van der Waals surface area contributed by atoms with E-state index < -0.39 is 10.0 Å². The van der Waals surface area contributed by atoms with Crippen molar-refractivity contribution in [3.8, 4) is 0 Å². The van der Waals surface area contributed by atoms with Crippen molar-refractivity contribution >= 4 is 44.0 Å². The summed E-state index contributed by atoms with van der Waals surface area (Å²) in [5, 5.41) is 7.91. The summed E-state index contributed by atoms with van der Waals surface area (Å²) in [5.41, 5.74) is 5.98. The van der Waals surface area contributed by atoms with Crippen LogP contribution < -0.4 is 5.73 Å². The van der Waals surface area contributed by atoms with Crippen molar-refractivity contribution in [2.45, 2.75) is 28.5 Å². The van der Waals surface area contributed by atoms with E-state index in [9.17, 15) is 13.2 Å². The highest BCUT2D eigenvalue weighted by Crippen LogP contribution is 2.25. The normalized spacial score (nSPS) is 16.0. The van der Waals surface area contributed by atoms with Crippen LogP contribution in [0.15, 0.2) is 33.5 Å². The molecule has 1 aliphatic rings. The topological polar surface area (TPSA) is 106 Å². The number of hydrogen-bond donors (Lipinski definition) is 1. The third-order valence-corrected chi connectivity index (χ3v) is 7.68. The van der Waals surface area contributed by atoms with Crippen LogP contribution in [0.3, 0.4) is 0 Å². The van der Waals surface area contributed by atoms with Gasteiger partial charge in [-0.05, 0) is 25.0 Å². The Morgan fingerprint density at radius 2 is 1.84 bits per heavy atom. The van der Waals surface area contributed by atoms with Gasteiger partial charge in [0.25, 0.3) is 0 Å². The molecule has 1 aromatic carbocycles. The number of piperidine rings is 1. The predicted molar refractivity (Wildman–Crippen MR) is 98.4 cm³/mol. The summed E-state index contributed by atoms with van der Waals surface area (Å²) in [7, 11) is -3.47. The fourth-order valence-corrected chi connectivity index (χ4v) is 5.60. The van der Waals surface area contributed by atoms with E-state index in [-0.39, 0.29) is 16.4 Å². The van der Waals surface area contributed by atoms with Crippen molar-refractivity contribution < 1.29 is 13.2 Å². The van der Waals surface area contributed by atoms with Gasteiger partial charge < -0.3 is 5.73 Å². The van der Waals surface area contributed by atoms with Crippen LogP contribution in [0.1, 0.15) is 29.6 Å². The molecule has 0 atom stereocenters. The predicted octanol–water partition coefficient (Wildman–Crippen LogP) is 2.27. The number of nitrogens with zero attached hydrogens (tertiary/aromatic N) is 3. The van der Waals surface area contributed by atoms with Crippen LogP contribution in [-0.2, 0) is 10.0 Å². The highest BCUT2D eigenvalue weighted by Gasteiger charge is 2.25. The van der Waals surface area contributed by atoms with Gasteiger partial charge >= 0.3 is 0 Å². The number of nitrogen functional groups attached to an aromatic ring is 1. The summed E-state index contributed by atoms with van der Waals surface area (Å²) in [4.78, 5) is 12.5. The number of rotatable bonds is 6. The molecule has 2 heterocycles. The molecule has 1 aliphatic heterocycles. The zero-order chi connectivity index (χ0) is 17.9. The molecule has 0 radical (unpaired) electrons. The van der Waals surface area contributed by atoms with Crippen LogP contribution in [0.25, 0.3) is 0 Å². The first kappa shape index (κ1) is 18.3. The van der Waals surface area contributed by atoms with Crippen LogP contribution in [-0.4, -0.2) is 47.5 Å². The second kappa shape index (κ2) is 7.81. The smallest absolute Gasteiger partial charge is 0.243 e. The van der Waals surface area contributed by atoms with Gasteiger partial charge in [-0.25, -0.2) is 8.42 Å². The zero-order valence-electron chi connectivity index (χ0n) is 13.4. The van der Waals surface area contributed by atoms with Gasteiger partial charge in [0.05, 0.1) is 10.6 Å². The third-order valence-electron chi connectivity index (χ3n) is 3.88. The molecule has 25 heavy (non-hydrogen) atoms. The Kier molecular flexibility index (Phi) is 5.72. The number of hydrogen-bond acceptors (Lipinski definition) is 8. The number of carbonyl (C=O) groups is 1. The minimum atomic E-state index is -3.47. The van der Waals surface area contributed by atoms with Crippen molar-refractivity contribution in [3.05, 3.63) is 29.8 Å². The summed E-state index contributed by atoms with van der Waals surface area (Å²) in [6.45, 7) is 1.12. The molecule has 0 saturated carbocycles. The van der Waals surface area contributed by atoms with E-state index in [1.807, 2.05) is 0 Å². The Morgan fingerprint density at radius 3 is 2.44 bits per heavy atom. The van der Waals surface area contributed by atoms with Gasteiger partial charge in [-0.2, -0.15) is 4.31 Å². The molecule has 10 heteroatoms. The largest absolute Gasteiger partial charge is 0.374 e. The van der Waals surface area contributed by atoms with Gasteiger partial charge in [0, 0.05) is 18.7 Å². The molecular weight excluding hydrogens is 380 g/mol. The van der Waals surface area contributed by atoms with E-state index in [1.54, 1.807) is 12.1 Å². The molecule has 0 unspecified atom stereocenters. The summed E-state index contributed by atoms with van der Waals surface area (Å²) < 4.78 is 27.3. The fraction of sp³-hybridized carbons (Fsp3) is 0.400.